The number of ether oxygens (including phenoxy) is 1. The van der Waals surface area contributed by atoms with Crippen LogP contribution in [-0.2, 0) is 22.8 Å². The fraction of sp³-hybridized carbons (Fsp3) is 0.889. The summed E-state index contributed by atoms with van der Waals surface area (Å²) in [7, 11) is -2.75. The maximum atomic E-state index is 11.2. The molecule has 3 fully saturated rings. The van der Waals surface area contributed by atoms with Crippen LogP contribution in [0.5, 0.6) is 0 Å². The van der Waals surface area contributed by atoms with Gasteiger partial charge in [0.2, 0.25) is 0 Å². The standard InChI is InChI=1S/C27H48O5Si/c1-2-27(28)29-22-14-3-4-15-23-33(30-24-16-8-5-9-17-24,31-25-18-10-6-11-19-25)32-26-20-12-7-13-21-26/h2,24-26H,1,3-23H2. The van der Waals surface area contributed by atoms with Gasteiger partial charge in [-0.2, -0.15) is 0 Å². The lowest BCUT2D eigenvalue weighted by molar-refractivity contribution is -0.137. The van der Waals surface area contributed by atoms with Crippen molar-refractivity contribution >= 4 is 14.8 Å². The Hall–Kier alpha value is -0.693. The fourth-order valence-electron chi connectivity index (χ4n) is 5.60. The van der Waals surface area contributed by atoms with Gasteiger partial charge in [-0.05, 0) is 51.4 Å². The molecule has 33 heavy (non-hydrogen) atoms. The van der Waals surface area contributed by atoms with Crippen LogP contribution < -0.4 is 0 Å². The lowest BCUT2D eigenvalue weighted by Crippen LogP contribution is -2.53. The third kappa shape index (κ3) is 10.2. The van der Waals surface area contributed by atoms with Gasteiger partial charge >= 0.3 is 14.8 Å². The number of rotatable bonds is 14. The molecule has 3 aliphatic carbocycles. The summed E-state index contributed by atoms with van der Waals surface area (Å²) in [5.74, 6) is -0.330. The highest BCUT2D eigenvalue weighted by Gasteiger charge is 2.47. The summed E-state index contributed by atoms with van der Waals surface area (Å²) in [5, 5.41) is 0. The fourth-order valence-corrected chi connectivity index (χ4v) is 9.03. The second-order valence-corrected chi connectivity index (χ2v) is 12.9. The lowest BCUT2D eigenvalue weighted by Gasteiger charge is -2.41. The second kappa shape index (κ2) is 15.3. The van der Waals surface area contributed by atoms with Crippen molar-refractivity contribution in [2.75, 3.05) is 6.61 Å². The smallest absolute Gasteiger partial charge is 0.463 e. The van der Waals surface area contributed by atoms with E-state index in [1.165, 1.54) is 63.9 Å². The van der Waals surface area contributed by atoms with Crippen LogP contribution in [0.25, 0.3) is 0 Å². The lowest BCUT2D eigenvalue weighted by atomic mass is 9.98. The molecule has 0 atom stereocenters. The maximum Gasteiger partial charge on any atom is 0.501 e. The van der Waals surface area contributed by atoms with E-state index in [4.69, 9.17) is 18.0 Å². The van der Waals surface area contributed by atoms with E-state index in [9.17, 15) is 4.79 Å². The van der Waals surface area contributed by atoms with Crippen LogP contribution in [0.15, 0.2) is 12.7 Å². The first-order valence-electron chi connectivity index (χ1n) is 14.0. The molecule has 0 amide bonds. The van der Waals surface area contributed by atoms with Crippen molar-refractivity contribution in [1.82, 2.24) is 0 Å². The summed E-state index contributed by atoms with van der Waals surface area (Å²) < 4.78 is 26.0. The third-order valence-electron chi connectivity index (χ3n) is 7.48. The van der Waals surface area contributed by atoms with Gasteiger partial charge in [0, 0.05) is 30.4 Å². The predicted molar refractivity (Wildman–Crippen MR) is 134 cm³/mol. The van der Waals surface area contributed by atoms with E-state index in [1.807, 2.05) is 0 Å². The molecule has 6 heteroatoms. The minimum absolute atomic E-state index is 0.316. The molecule has 0 radical (unpaired) electrons. The van der Waals surface area contributed by atoms with E-state index in [1.54, 1.807) is 0 Å². The van der Waals surface area contributed by atoms with E-state index in [0.29, 0.717) is 24.9 Å². The zero-order valence-electron chi connectivity index (χ0n) is 20.9. The molecule has 0 N–H and O–H groups in total. The zero-order chi connectivity index (χ0) is 23.2. The number of hydrogen-bond acceptors (Lipinski definition) is 5. The van der Waals surface area contributed by atoms with Gasteiger partial charge in [-0.3, -0.25) is 0 Å². The maximum absolute atomic E-state index is 11.2. The summed E-state index contributed by atoms with van der Waals surface area (Å²) in [6, 6.07) is 0.933. The molecular formula is C27H48O5Si. The van der Waals surface area contributed by atoms with Crippen molar-refractivity contribution in [3.8, 4) is 0 Å². The van der Waals surface area contributed by atoms with Gasteiger partial charge in [0.25, 0.3) is 0 Å². The van der Waals surface area contributed by atoms with Crippen molar-refractivity contribution in [3.63, 3.8) is 0 Å². The van der Waals surface area contributed by atoms with Gasteiger partial charge in [0.15, 0.2) is 0 Å². The van der Waals surface area contributed by atoms with E-state index in [0.717, 1.165) is 70.3 Å². The molecule has 3 saturated carbocycles. The van der Waals surface area contributed by atoms with Crippen LogP contribution >= 0.6 is 0 Å². The van der Waals surface area contributed by atoms with Gasteiger partial charge < -0.3 is 18.0 Å². The number of esters is 1. The van der Waals surface area contributed by atoms with Crippen molar-refractivity contribution in [2.45, 2.75) is 146 Å². The molecule has 0 saturated heterocycles. The third-order valence-corrected chi connectivity index (χ3v) is 10.5. The average molecular weight is 481 g/mol. The topological polar surface area (TPSA) is 54.0 Å². The molecule has 5 nitrogen and oxygen atoms in total. The van der Waals surface area contributed by atoms with Crippen molar-refractivity contribution < 1.29 is 22.8 Å². The molecule has 190 valence electrons. The number of unbranched alkanes of at least 4 members (excludes halogenated alkanes) is 3. The summed E-state index contributed by atoms with van der Waals surface area (Å²) >= 11 is 0. The van der Waals surface area contributed by atoms with Crippen molar-refractivity contribution in [3.05, 3.63) is 12.7 Å². The number of hydrogen-bond donors (Lipinski definition) is 0. The van der Waals surface area contributed by atoms with Gasteiger partial charge in [-0.1, -0.05) is 77.2 Å². The Morgan fingerprint density at radius 1 is 0.667 bits per heavy atom. The first-order chi connectivity index (χ1) is 16.2. The monoisotopic (exact) mass is 480 g/mol. The normalized spacial score (nSPS) is 21.7. The summed E-state index contributed by atoms with van der Waals surface area (Å²) in [6.07, 6.45) is 24.8. The molecule has 0 bridgehead atoms. The SMILES string of the molecule is C=CC(=O)OCCCCCC[Si](OC1CCCCC1)(OC1CCCCC1)OC1CCCCC1. The highest BCUT2D eigenvalue weighted by Crippen LogP contribution is 2.35. The van der Waals surface area contributed by atoms with Gasteiger partial charge in [0.05, 0.1) is 6.61 Å². The van der Waals surface area contributed by atoms with Gasteiger partial charge in [-0.25, -0.2) is 4.79 Å². The number of carbonyl (C=O) groups excluding carboxylic acids is 1. The van der Waals surface area contributed by atoms with E-state index < -0.39 is 8.80 Å². The van der Waals surface area contributed by atoms with Crippen LogP contribution in [0.3, 0.4) is 0 Å². The number of carbonyl (C=O) groups is 1. The molecule has 3 rings (SSSR count). The molecule has 0 aromatic heterocycles. The van der Waals surface area contributed by atoms with E-state index >= 15 is 0 Å². The molecular weight excluding hydrogens is 432 g/mol. The Balaban J connectivity index is 1.59. The Morgan fingerprint density at radius 3 is 1.52 bits per heavy atom. The molecule has 0 heterocycles. The predicted octanol–water partition coefficient (Wildman–Crippen LogP) is 7.26. The van der Waals surface area contributed by atoms with Gasteiger partial charge in [-0.15, -0.1) is 0 Å². The van der Waals surface area contributed by atoms with Crippen LogP contribution in [0.4, 0.5) is 0 Å². The Kier molecular flexibility index (Phi) is 12.5. The molecule has 3 aliphatic rings. The van der Waals surface area contributed by atoms with E-state index in [-0.39, 0.29) is 5.97 Å². The van der Waals surface area contributed by atoms with Crippen molar-refractivity contribution in [2.24, 2.45) is 0 Å². The van der Waals surface area contributed by atoms with Crippen LogP contribution in [0, 0.1) is 0 Å². The van der Waals surface area contributed by atoms with Crippen LogP contribution in [-0.4, -0.2) is 39.7 Å². The van der Waals surface area contributed by atoms with Gasteiger partial charge in [0.1, 0.15) is 0 Å². The average Bonchev–Trinajstić information content (AvgIpc) is 2.85. The Labute approximate surface area is 203 Å². The minimum atomic E-state index is -2.75. The summed E-state index contributed by atoms with van der Waals surface area (Å²) in [5.41, 5.74) is 0. The first-order valence-corrected chi connectivity index (χ1v) is 15.9. The van der Waals surface area contributed by atoms with Crippen LogP contribution in [0.1, 0.15) is 122 Å². The molecule has 0 unspecified atom stereocenters. The minimum Gasteiger partial charge on any atom is -0.463 e. The molecule has 0 aromatic rings. The second-order valence-electron chi connectivity index (χ2n) is 10.4. The largest absolute Gasteiger partial charge is 0.501 e. The highest BCUT2D eigenvalue weighted by molar-refractivity contribution is 6.60. The molecule has 0 aliphatic heterocycles. The highest BCUT2D eigenvalue weighted by atomic mass is 28.4. The first kappa shape index (κ1) is 26.9. The molecule has 0 spiro atoms. The zero-order valence-corrected chi connectivity index (χ0v) is 21.9. The Morgan fingerprint density at radius 2 is 1.09 bits per heavy atom. The Bertz CT molecular complexity index is 500. The van der Waals surface area contributed by atoms with E-state index in [2.05, 4.69) is 6.58 Å². The van der Waals surface area contributed by atoms with Crippen molar-refractivity contribution in [1.29, 1.82) is 0 Å². The molecule has 0 aromatic carbocycles. The quantitative estimate of drug-likeness (QED) is 0.113. The summed E-state index contributed by atoms with van der Waals surface area (Å²) in [4.78, 5) is 11.2. The summed E-state index contributed by atoms with van der Waals surface area (Å²) in [6.45, 7) is 3.92. The van der Waals surface area contributed by atoms with Crippen LogP contribution in [0.2, 0.25) is 6.04 Å².